The van der Waals surface area contributed by atoms with Gasteiger partial charge in [-0.1, -0.05) is 0 Å². The second-order valence-electron chi connectivity index (χ2n) is 5.19. The van der Waals surface area contributed by atoms with Crippen molar-refractivity contribution in [3.05, 3.63) is 0 Å². The van der Waals surface area contributed by atoms with E-state index in [-0.39, 0.29) is 18.1 Å². The molecule has 18 heavy (non-hydrogen) atoms. The third kappa shape index (κ3) is 2.93. The van der Waals surface area contributed by atoms with Crippen LogP contribution in [-0.4, -0.2) is 72.0 Å². The first-order chi connectivity index (χ1) is 8.59. The summed E-state index contributed by atoms with van der Waals surface area (Å²) in [6.07, 6.45) is 0.976. The lowest BCUT2D eigenvalue weighted by atomic mass is 10.1. The lowest BCUT2D eigenvalue weighted by molar-refractivity contribution is 0.0338. The molecule has 0 aromatic heterocycles. The Hall–Kier alpha value is -0.850. The fourth-order valence-corrected chi connectivity index (χ4v) is 2.50. The summed E-state index contributed by atoms with van der Waals surface area (Å²) in [7, 11) is 0. The SMILES string of the molecule is C[C@@H]1CC[C@H](N)[C@@H](O)CN1C(=O)N1CCOCC1. The van der Waals surface area contributed by atoms with E-state index in [0.29, 0.717) is 32.8 Å². The average Bonchev–Trinajstić information content (AvgIpc) is 2.52. The van der Waals surface area contributed by atoms with E-state index in [1.807, 2.05) is 6.92 Å². The van der Waals surface area contributed by atoms with Crippen molar-refractivity contribution < 1.29 is 14.6 Å². The molecule has 0 aliphatic carbocycles. The molecule has 0 radical (unpaired) electrons. The van der Waals surface area contributed by atoms with E-state index in [1.54, 1.807) is 9.80 Å². The molecular weight excluding hydrogens is 234 g/mol. The van der Waals surface area contributed by atoms with E-state index in [4.69, 9.17) is 10.5 Å². The summed E-state index contributed by atoms with van der Waals surface area (Å²) in [6.45, 7) is 4.79. The van der Waals surface area contributed by atoms with E-state index < -0.39 is 6.10 Å². The van der Waals surface area contributed by atoms with Crippen LogP contribution in [-0.2, 0) is 4.74 Å². The molecule has 0 aromatic rings. The fourth-order valence-electron chi connectivity index (χ4n) is 2.50. The molecular formula is C12H23N3O3. The quantitative estimate of drug-likeness (QED) is 0.619. The van der Waals surface area contributed by atoms with Crippen molar-refractivity contribution in [2.75, 3.05) is 32.8 Å². The van der Waals surface area contributed by atoms with Gasteiger partial charge in [0.2, 0.25) is 0 Å². The first kappa shape index (κ1) is 13.6. The van der Waals surface area contributed by atoms with Crippen molar-refractivity contribution in [1.82, 2.24) is 9.80 Å². The molecule has 2 fully saturated rings. The molecule has 2 aliphatic rings. The number of ether oxygens (including phenoxy) is 1. The number of aliphatic hydroxyl groups is 1. The zero-order chi connectivity index (χ0) is 13.1. The molecule has 0 spiro atoms. The Labute approximate surface area is 108 Å². The first-order valence-electron chi connectivity index (χ1n) is 6.66. The Bertz CT molecular complexity index is 294. The number of urea groups is 1. The molecule has 0 unspecified atom stereocenters. The highest BCUT2D eigenvalue weighted by Crippen LogP contribution is 2.18. The third-order valence-corrected chi connectivity index (χ3v) is 3.86. The Morgan fingerprint density at radius 3 is 2.67 bits per heavy atom. The van der Waals surface area contributed by atoms with Crippen molar-refractivity contribution >= 4 is 6.03 Å². The number of hydrogen-bond acceptors (Lipinski definition) is 4. The van der Waals surface area contributed by atoms with Gasteiger partial charge in [-0.2, -0.15) is 0 Å². The van der Waals surface area contributed by atoms with Crippen molar-refractivity contribution in [2.24, 2.45) is 5.73 Å². The zero-order valence-corrected chi connectivity index (χ0v) is 10.9. The van der Waals surface area contributed by atoms with E-state index in [1.165, 1.54) is 0 Å². The second-order valence-corrected chi connectivity index (χ2v) is 5.19. The van der Waals surface area contributed by atoms with Gasteiger partial charge in [0.05, 0.1) is 25.9 Å². The summed E-state index contributed by atoms with van der Waals surface area (Å²) in [5.74, 6) is 0. The smallest absolute Gasteiger partial charge is 0.320 e. The molecule has 104 valence electrons. The maximum atomic E-state index is 12.4. The normalized spacial score (nSPS) is 34.3. The van der Waals surface area contributed by atoms with Crippen molar-refractivity contribution in [3.8, 4) is 0 Å². The Morgan fingerprint density at radius 2 is 2.00 bits per heavy atom. The van der Waals surface area contributed by atoms with Crippen LogP contribution in [0.1, 0.15) is 19.8 Å². The van der Waals surface area contributed by atoms with Crippen LogP contribution in [0.3, 0.4) is 0 Å². The van der Waals surface area contributed by atoms with E-state index >= 15 is 0 Å². The molecule has 3 atom stereocenters. The molecule has 0 bridgehead atoms. The molecule has 6 heteroatoms. The zero-order valence-electron chi connectivity index (χ0n) is 10.9. The van der Waals surface area contributed by atoms with Gasteiger partial charge < -0.3 is 25.4 Å². The van der Waals surface area contributed by atoms with Crippen LogP contribution >= 0.6 is 0 Å². The van der Waals surface area contributed by atoms with Gasteiger partial charge in [-0.25, -0.2) is 4.79 Å². The standard InChI is InChI=1S/C12H23N3O3/c1-9-2-3-10(13)11(16)8-15(9)12(17)14-4-6-18-7-5-14/h9-11,16H,2-8,13H2,1H3/t9-,10+,11+/m1/s1. The number of amides is 2. The lowest BCUT2D eigenvalue weighted by Crippen LogP contribution is -2.53. The Kier molecular flexibility index (Phi) is 4.42. The minimum Gasteiger partial charge on any atom is -0.390 e. The number of aliphatic hydroxyl groups excluding tert-OH is 1. The highest BCUT2D eigenvalue weighted by Gasteiger charge is 2.32. The van der Waals surface area contributed by atoms with Crippen LogP contribution in [0, 0.1) is 0 Å². The Morgan fingerprint density at radius 1 is 1.33 bits per heavy atom. The fraction of sp³-hybridized carbons (Fsp3) is 0.917. The van der Waals surface area contributed by atoms with E-state index in [2.05, 4.69) is 0 Å². The topological polar surface area (TPSA) is 79.0 Å². The first-order valence-corrected chi connectivity index (χ1v) is 6.66. The molecule has 2 amide bonds. The average molecular weight is 257 g/mol. The number of hydrogen-bond donors (Lipinski definition) is 2. The van der Waals surface area contributed by atoms with E-state index in [9.17, 15) is 9.90 Å². The van der Waals surface area contributed by atoms with Gasteiger partial charge in [-0.05, 0) is 19.8 Å². The van der Waals surface area contributed by atoms with Crippen molar-refractivity contribution in [1.29, 1.82) is 0 Å². The number of carbonyl (C=O) groups excluding carboxylic acids is 1. The van der Waals surface area contributed by atoms with Crippen LogP contribution in [0.15, 0.2) is 0 Å². The number of rotatable bonds is 0. The van der Waals surface area contributed by atoms with Crippen LogP contribution in [0.4, 0.5) is 4.79 Å². The second kappa shape index (κ2) is 5.86. The summed E-state index contributed by atoms with van der Waals surface area (Å²) in [5, 5.41) is 9.93. The largest absolute Gasteiger partial charge is 0.390 e. The van der Waals surface area contributed by atoms with E-state index in [0.717, 1.165) is 12.8 Å². The van der Waals surface area contributed by atoms with Gasteiger partial charge in [0.25, 0.3) is 0 Å². The van der Waals surface area contributed by atoms with Gasteiger partial charge >= 0.3 is 6.03 Å². The summed E-state index contributed by atoms with van der Waals surface area (Å²) in [4.78, 5) is 16.0. The highest BCUT2D eigenvalue weighted by molar-refractivity contribution is 5.75. The lowest BCUT2D eigenvalue weighted by Gasteiger charge is -2.36. The number of nitrogens with two attached hydrogens (primary N) is 1. The maximum absolute atomic E-state index is 12.4. The Balaban J connectivity index is 2.02. The third-order valence-electron chi connectivity index (χ3n) is 3.86. The van der Waals surface area contributed by atoms with Crippen LogP contribution in [0.25, 0.3) is 0 Å². The van der Waals surface area contributed by atoms with Gasteiger partial charge in [-0.15, -0.1) is 0 Å². The summed E-state index contributed by atoms with van der Waals surface area (Å²) in [5.41, 5.74) is 5.86. The molecule has 2 rings (SSSR count). The van der Waals surface area contributed by atoms with Gasteiger partial charge in [0, 0.05) is 25.2 Å². The van der Waals surface area contributed by atoms with Crippen LogP contribution < -0.4 is 5.73 Å². The van der Waals surface area contributed by atoms with Gasteiger partial charge in [-0.3, -0.25) is 0 Å². The van der Waals surface area contributed by atoms with Crippen LogP contribution in [0.5, 0.6) is 0 Å². The summed E-state index contributed by atoms with van der Waals surface area (Å²) < 4.78 is 5.25. The molecule has 3 N–H and O–H groups in total. The summed E-state index contributed by atoms with van der Waals surface area (Å²) >= 11 is 0. The molecule has 2 saturated heterocycles. The predicted octanol–water partition coefficient (Wildman–Crippen LogP) is -0.389. The van der Waals surface area contributed by atoms with Gasteiger partial charge in [0.1, 0.15) is 0 Å². The number of morpholine rings is 1. The van der Waals surface area contributed by atoms with Crippen LogP contribution in [0.2, 0.25) is 0 Å². The number of carbonyl (C=O) groups is 1. The van der Waals surface area contributed by atoms with Gasteiger partial charge in [0.15, 0.2) is 0 Å². The highest BCUT2D eigenvalue weighted by atomic mass is 16.5. The predicted molar refractivity (Wildman–Crippen MR) is 67.2 cm³/mol. The molecule has 0 saturated carbocycles. The molecule has 2 heterocycles. The number of likely N-dealkylation sites (tertiary alicyclic amines) is 1. The molecule has 0 aromatic carbocycles. The minimum absolute atomic E-state index is 0.000972. The molecule has 6 nitrogen and oxygen atoms in total. The monoisotopic (exact) mass is 257 g/mol. The number of nitrogens with zero attached hydrogens (tertiary/aromatic N) is 2. The number of β-amino-alcohol motifs (C(OH)–C–C–N with tert-alkyl or cyclic N) is 1. The summed E-state index contributed by atoms with van der Waals surface area (Å²) in [6, 6.07) is -0.0996. The maximum Gasteiger partial charge on any atom is 0.320 e. The van der Waals surface area contributed by atoms with Crippen molar-refractivity contribution in [3.63, 3.8) is 0 Å². The molecule has 2 aliphatic heterocycles. The van der Waals surface area contributed by atoms with Crippen molar-refractivity contribution in [2.45, 2.75) is 38.0 Å². The minimum atomic E-state index is -0.625.